The van der Waals surface area contributed by atoms with Crippen molar-refractivity contribution in [1.82, 2.24) is 10.2 Å². The Morgan fingerprint density at radius 3 is 2.28 bits per heavy atom. The van der Waals surface area contributed by atoms with Gasteiger partial charge in [0.1, 0.15) is 25.8 Å². The van der Waals surface area contributed by atoms with Crippen molar-refractivity contribution in [2.45, 2.75) is 32.9 Å². The van der Waals surface area contributed by atoms with Crippen molar-refractivity contribution in [3.05, 3.63) is 52.0 Å². The zero-order chi connectivity index (χ0) is 26.5. The predicted octanol–water partition coefficient (Wildman–Crippen LogP) is 3.47. The van der Waals surface area contributed by atoms with E-state index < -0.39 is 28.5 Å². The molecule has 0 fully saturated rings. The number of carbonyl (C=O) groups excluding carboxylic acids is 2. The van der Waals surface area contributed by atoms with Gasteiger partial charge in [0.15, 0.2) is 11.5 Å². The van der Waals surface area contributed by atoms with Crippen LogP contribution >= 0.6 is 23.2 Å². The molecule has 1 heterocycles. The summed E-state index contributed by atoms with van der Waals surface area (Å²) in [7, 11) is -3.89. The first kappa shape index (κ1) is 27.9. The number of nitrogens with one attached hydrogen (secondary N) is 1. The van der Waals surface area contributed by atoms with Crippen molar-refractivity contribution >= 4 is 50.7 Å². The first-order valence-electron chi connectivity index (χ1n) is 11.4. The number of ether oxygens (including phenoxy) is 2. The number of carbonyl (C=O) groups is 2. The highest BCUT2D eigenvalue weighted by atomic mass is 35.5. The van der Waals surface area contributed by atoms with Crippen molar-refractivity contribution in [3.63, 3.8) is 0 Å². The van der Waals surface area contributed by atoms with Crippen LogP contribution in [0.4, 0.5) is 5.69 Å². The second-order valence-electron chi connectivity index (χ2n) is 8.14. The van der Waals surface area contributed by atoms with Crippen molar-refractivity contribution in [2.75, 3.05) is 36.9 Å². The average molecular weight is 558 g/mol. The molecule has 3 rings (SSSR count). The second kappa shape index (κ2) is 12.0. The van der Waals surface area contributed by atoms with Crippen LogP contribution in [0.2, 0.25) is 10.0 Å². The van der Waals surface area contributed by atoms with Crippen LogP contribution in [0, 0.1) is 0 Å². The first-order valence-corrected chi connectivity index (χ1v) is 14.0. The molecule has 12 heteroatoms. The zero-order valence-electron chi connectivity index (χ0n) is 20.3. The molecule has 36 heavy (non-hydrogen) atoms. The fourth-order valence-corrected chi connectivity index (χ4v) is 5.22. The molecule has 9 nitrogen and oxygen atoms in total. The number of fused-ring (bicyclic) bond motifs is 1. The minimum absolute atomic E-state index is 0.0777. The molecule has 0 saturated heterocycles. The molecule has 2 amide bonds. The highest BCUT2D eigenvalue weighted by Gasteiger charge is 2.32. The highest BCUT2D eigenvalue weighted by Crippen LogP contribution is 2.35. The molecule has 0 aromatic heterocycles. The van der Waals surface area contributed by atoms with Crippen LogP contribution in [0.3, 0.4) is 0 Å². The van der Waals surface area contributed by atoms with Crippen molar-refractivity contribution in [2.24, 2.45) is 0 Å². The van der Waals surface area contributed by atoms with Gasteiger partial charge in [-0.05, 0) is 37.6 Å². The number of halogens is 2. The van der Waals surface area contributed by atoms with E-state index in [-0.39, 0.29) is 18.1 Å². The van der Waals surface area contributed by atoms with Crippen molar-refractivity contribution in [3.8, 4) is 11.5 Å². The molecule has 2 aromatic rings. The molecule has 1 aliphatic heterocycles. The van der Waals surface area contributed by atoms with Gasteiger partial charge in [0.2, 0.25) is 21.8 Å². The third kappa shape index (κ3) is 6.54. The topological polar surface area (TPSA) is 105 Å². The summed E-state index contributed by atoms with van der Waals surface area (Å²) in [5.41, 5.74) is 0.694. The minimum atomic E-state index is -3.89. The van der Waals surface area contributed by atoms with E-state index in [1.165, 1.54) is 17.0 Å². The van der Waals surface area contributed by atoms with Gasteiger partial charge in [-0.2, -0.15) is 0 Å². The molecule has 0 aliphatic carbocycles. The largest absolute Gasteiger partial charge is 0.486 e. The van der Waals surface area contributed by atoms with Gasteiger partial charge in [0.05, 0.1) is 11.9 Å². The number of rotatable bonds is 10. The number of likely N-dealkylation sites (N-methyl/N-ethyl adjacent to an activating group) is 1. The minimum Gasteiger partial charge on any atom is -0.486 e. The summed E-state index contributed by atoms with van der Waals surface area (Å²) in [4.78, 5) is 27.9. The van der Waals surface area contributed by atoms with Gasteiger partial charge in [-0.3, -0.25) is 13.9 Å². The summed E-state index contributed by atoms with van der Waals surface area (Å²) >= 11 is 12.7. The molecule has 0 saturated carbocycles. The van der Waals surface area contributed by atoms with Crippen LogP contribution in [0.25, 0.3) is 0 Å². The van der Waals surface area contributed by atoms with Gasteiger partial charge in [0.25, 0.3) is 0 Å². The molecule has 0 bridgehead atoms. The predicted molar refractivity (Wildman–Crippen MR) is 139 cm³/mol. The number of hydrogen-bond donors (Lipinski definition) is 1. The molecule has 1 atom stereocenters. The summed E-state index contributed by atoms with van der Waals surface area (Å²) < 4.78 is 37.6. The zero-order valence-corrected chi connectivity index (χ0v) is 22.6. The maximum Gasteiger partial charge on any atom is 0.244 e. The lowest BCUT2D eigenvalue weighted by Crippen LogP contribution is -2.52. The van der Waals surface area contributed by atoms with Gasteiger partial charge in [-0.25, -0.2) is 8.42 Å². The Balaban J connectivity index is 1.99. The molecule has 2 aromatic carbocycles. The normalized spacial score (nSPS) is 13.6. The Morgan fingerprint density at radius 2 is 1.69 bits per heavy atom. The van der Waals surface area contributed by atoms with Crippen LogP contribution in [-0.4, -0.2) is 63.7 Å². The highest BCUT2D eigenvalue weighted by molar-refractivity contribution is 7.92. The first-order chi connectivity index (χ1) is 17.1. The summed E-state index contributed by atoms with van der Waals surface area (Å²) in [5.74, 6) is -0.0819. The van der Waals surface area contributed by atoms with Crippen molar-refractivity contribution in [1.29, 1.82) is 0 Å². The standard InChI is InChI=1S/C24H29Cl2N3O6S/c1-4-20(24(31)27-5-2)28(14-17-18(25)7-6-8-19(17)26)23(30)15-29(36(3,32)33)16-9-10-21-22(13-16)35-12-11-34-21/h6-10,13,20H,4-5,11-12,14-15H2,1-3H3,(H,27,31)/t20-/m1/s1. The van der Waals surface area contributed by atoms with Gasteiger partial charge in [0, 0.05) is 34.8 Å². The van der Waals surface area contributed by atoms with E-state index in [1.54, 1.807) is 38.1 Å². The van der Waals surface area contributed by atoms with Crippen LogP contribution in [0.1, 0.15) is 25.8 Å². The average Bonchev–Trinajstić information content (AvgIpc) is 2.83. The molecule has 0 unspecified atom stereocenters. The van der Waals surface area contributed by atoms with E-state index in [9.17, 15) is 18.0 Å². The van der Waals surface area contributed by atoms with Gasteiger partial charge in [-0.15, -0.1) is 0 Å². The number of hydrogen-bond acceptors (Lipinski definition) is 6. The maximum absolute atomic E-state index is 13.7. The van der Waals surface area contributed by atoms with Crippen LogP contribution < -0.4 is 19.1 Å². The van der Waals surface area contributed by atoms with E-state index in [0.29, 0.717) is 53.3 Å². The lowest BCUT2D eigenvalue weighted by atomic mass is 10.1. The van der Waals surface area contributed by atoms with E-state index in [0.717, 1.165) is 10.6 Å². The molecule has 0 radical (unpaired) electrons. The van der Waals surface area contributed by atoms with Gasteiger partial charge < -0.3 is 19.7 Å². The molecule has 0 spiro atoms. The molecule has 1 N–H and O–H groups in total. The Bertz CT molecular complexity index is 1200. The number of anilines is 1. The van der Waals surface area contributed by atoms with Crippen LogP contribution in [0.5, 0.6) is 11.5 Å². The fraction of sp³-hybridized carbons (Fsp3) is 0.417. The van der Waals surface area contributed by atoms with Crippen LogP contribution in [0.15, 0.2) is 36.4 Å². The van der Waals surface area contributed by atoms with E-state index in [2.05, 4.69) is 5.32 Å². The Hall–Kier alpha value is -2.69. The Labute approximate surface area is 221 Å². The third-order valence-corrected chi connectivity index (χ3v) is 7.47. The SMILES string of the molecule is CCNC(=O)[C@@H](CC)N(Cc1c(Cl)cccc1Cl)C(=O)CN(c1ccc2c(c1)OCCO2)S(C)(=O)=O. The lowest BCUT2D eigenvalue weighted by molar-refractivity contribution is -0.140. The van der Waals surface area contributed by atoms with Gasteiger partial charge >= 0.3 is 0 Å². The summed E-state index contributed by atoms with van der Waals surface area (Å²) in [5, 5.41) is 3.40. The summed E-state index contributed by atoms with van der Waals surface area (Å²) in [6.45, 7) is 4.00. The van der Waals surface area contributed by atoms with E-state index in [4.69, 9.17) is 32.7 Å². The lowest BCUT2D eigenvalue weighted by Gasteiger charge is -2.33. The van der Waals surface area contributed by atoms with E-state index >= 15 is 0 Å². The third-order valence-electron chi connectivity index (χ3n) is 5.62. The maximum atomic E-state index is 13.7. The molecular formula is C24H29Cl2N3O6S. The molecule has 196 valence electrons. The fourth-order valence-electron chi connectivity index (χ4n) is 3.87. The van der Waals surface area contributed by atoms with E-state index in [1.807, 2.05) is 0 Å². The van der Waals surface area contributed by atoms with Gasteiger partial charge in [-0.1, -0.05) is 36.2 Å². The smallest absolute Gasteiger partial charge is 0.244 e. The number of sulfonamides is 1. The molecule has 1 aliphatic rings. The van der Waals surface area contributed by atoms with Crippen LogP contribution in [-0.2, 0) is 26.2 Å². The summed E-state index contributed by atoms with van der Waals surface area (Å²) in [6.07, 6.45) is 1.30. The summed E-state index contributed by atoms with van der Waals surface area (Å²) in [6, 6.07) is 8.72. The Kier molecular flexibility index (Phi) is 9.32. The number of benzene rings is 2. The number of nitrogens with zero attached hydrogens (tertiary/aromatic N) is 2. The quantitative estimate of drug-likeness (QED) is 0.479. The second-order valence-corrected chi connectivity index (χ2v) is 10.9. The van der Waals surface area contributed by atoms with Crippen molar-refractivity contribution < 1.29 is 27.5 Å². The monoisotopic (exact) mass is 557 g/mol. The number of amides is 2. The molecular weight excluding hydrogens is 529 g/mol. The Morgan fingerprint density at radius 1 is 1.06 bits per heavy atom.